The number of hydrogen-bond donors (Lipinski definition) is 4. The molecule has 4 aromatic carbocycles. The maximum absolute atomic E-state index is 12.8. The van der Waals surface area contributed by atoms with Gasteiger partial charge in [-0.1, -0.05) is 59.7 Å². The summed E-state index contributed by atoms with van der Waals surface area (Å²) in [4.78, 5) is 23.6. The molecule has 0 aliphatic carbocycles. The van der Waals surface area contributed by atoms with Gasteiger partial charge in [0.15, 0.2) is 0 Å². The van der Waals surface area contributed by atoms with E-state index in [1.807, 2.05) is 64.1 Å². The van der Waals surface area contributed by atoms with Crippen LogP contribution in [0.25, 0.3) is 12.2 Å². The molecule has 0 amide bonds. The average molecular weight is 767 g/mol. The van der Waals surface area contributed by atoms with Crippen molar-refractivity contribution in [2.24, 2.45) is 0 Å². The Morgan fingerprint density at radius 1 is 0.537 bits per heavy atom. The van der Waals surface area contributed by atoms with Crippen molar-refractivity contribution < 1.29 is 25.9 Å². The molecule has 0 aliphatic rings. The molecule has 2 heterocycles. The van der Waals surface area contributed by atoms with E-state index in [-0.39, 0.29) is 34.4 Å². The van der Waals surface area contributed by atoms with Gasteiger partial charge in [0.1, 0.15) is 35.1 Å². The van der Waals surface area contributed by atoms with Gasteiger partial charge in [0.05, 0.1) is 22.7 Å². The van der Waals surface area contributed by atoms with Gasteiger partial charge in [-0.25, -0.2) is 20.0 Å². The van der Waals surface area contributed by atoms with Crippen molar-refractivity contribution in [3.63, 3.8) is 0 Å². The number of benzene rings is 4. The maximum atomic E-state index is 12.8. The molecule has 0 saturated heterocycles. The topological polar surface area (TPSA) is 217 Å². The van der Waals surface area contributed by atoms with Gasteiger partial charge in [0.2, 0.25) is 0 Å². The van der Waals surface area contributed by atoms with Crippen LogP contribution in [0.15, 0.2) is 108 Å². The van der Waals surface area contributed by atoms with E-state index in [1.165, 1.54) is 71.7 Å². The van der Waals surface area contributed by atoms with Crippen LogP contribution in [0.5, 0.6) is 0 Å². The molecule has 0 atom stereocenters. The third-order valence-corrected chi connectivity index (χ3v) is 9.92. The first-order valence-corrected chi connectivity index (χ1v) is 19.0. The molecular weight excluding hydrogens is 733 g/mol. The molecule has 4 N–H and O–H groups in total. The second kappa shape index (κ2) is 15.3. The van der Waals surface area contributed by atoms with Gasteiger partial charge >= 0.3 is 0 Å². The van der Waals surface area contributed by atoms with E-state index in [0.717, 1.165) is 22.3 Å². The van der Waals surface area contributed by atoms with Gasteiger partial charge in [-0.3, -0.25) is 20.0 Å². The highest BCUT2D eigenvalue weighted by atomic mass is 32.2. The fourth-order valence-corrected chi connectivity index (χ4v) is 6.91. The number of hydrazine groups is 2. The minimum absolute atomic E-state index is 0.0112. The molecule has 2 aromatic heterocycles. The first-order valence-electron chi connectivity index (χ1n) is 16.1. The SMILES string of the molecule is Cc1ccc(NN(c2ccc(C=Cc3ccc(N(Nc4ccc(C)cc4C)c4ncncn4)cc3S(=O)(=O)O)c(S(=O)(=O)O)c2)c2ncncn2)c(C)c1. The Balaban J connectivity index is 1.40. The summed E-state index contributed by atoms with van der Waals surface area (Å²) in [6.07, 6.45) is 7.72. The normalized spacial score (nSPS) is 11.7. The van der Waals surface area contributed by atoms with Gasteiger partial charge in [0.25, 0.3) is 32.1 Å². The van der Waals surface area contributed by atoms with E-state index in [0.29, 0.717) is 11.4 Å². The summed E-state index contributed by atoms with van der Waals surface area (Å²) in [7, 11) is -9.69. The van der Waals surface area contributed by atoms with Crippen molar-refractivity contribution >= 4 is 67.0 Å². The van der Waals surface area contributed by atoms with Crippen LogP contribution in [0, 0.1) is 27.7 Å². The van der Waals surface area contributed by atoms with Crippen LogP contribution < -0.4 is 20.9 Å². The minimum Gasteiger partial charge on any atom is -0.291 e. The smallest absolute Gasteiger partial charge is 0.291 e. The lowest BCUT2D eigenvalue weighted by Crippen LogP contribution is -2.27. The van der Waals surface area contributed by atoms with Crippen molar-refractivity contribution in [3.05, 3.63) is 131 Å². The summed E-state index contributed by atoms with van der Waals surface area (Å²) >= 11 is 0. The molecule has 0 radical (unpaired) electrons. The number of rotatable bonds is 12. The molecule has 0 bridgehead atoms. The Morgan fingerprint density at radius 2 is 0.907 bits per heavy atom. The van der Waals surface area contributed by atoms with Crippen molar-refractivity contribution in [3.8, 4) is 0 Å². The molecule has 6 rings (SSSR count). The fourth-order valence-electron chi connectivity index (χ4n) is 5.50. The van der Waals surface area contributed by atoms with Gasteiger partial charge in [-0.2, -0.15) is 36.8 Å². The zero-order valence-electron chi connectivity index (χ0n) is 29.3. The van der Waals surface area contributed by atoms with Crippen molar-refractivity contribution in [2.75, 3.05) is 20.9 Å². The largest absolute Gasteiger partial charge is 0.295 e. The Kier molecular flexibility index (Phi) is 10.6. The molecule has 0 unspecified atom stereocenters. The predicted molar refractivity (Wildman–Crippen MR) is 204 cm³/mol. The van der Waals surface area contributed by atoms with E-state index in [4.69, 9.17) is 0 Å². The molecule has 16 nitrogen and oxygen atoms in total. The summed E-state index contributed by atoms with van der Waals surface area (Å²) in [6.45, 7) is 7.71. The molecular formula is C36H34N10O6S2. The quantitative estimate of drug-likeness (QED) is 0.0612. The van der Waals surface area contributed by atoms with Crippen LogP contribution in [0.4, 0.5) is 34.6 Å². The predicted octanol–water partition coefficient (Wildman–Crippen LogP) is 6.28. The zero-order valence-corrected chi connectivity index (χ0v) is 30.9. The zero-order chi connectivity index (χ0) is 38.6. The van der Waals surface area contributed by atoms with E-state index in [2.05, 4.69) is 40.8 Å². The lowest BCUT2D eigenvalue weighted by atomic mass is 10.1. The fraction of sp³-hybridized carbons (Fsp3) is 0.111. The van der Waals surface area contributed by atoms with E-state index >= 15 is 0 Å². The monoisotopic (exact) mass is 766 g/mol. The summed E-state index contributed by atoms with van der Waals surface area (Å²) in [6, 6.07) is 19.8. The lowest BCUT2D eigenvalue weighted by Gasteiger charge is -2.26. The highest BCUT2D eigenvalue weighted by Crippen LogP contribution is 2.33. The second-order valence-corrected chi connectivity index (χ2v) is 14.9. The molecule has 6 aromatic rings. The lowest BCUT2D eigenvalue weighted by molar-refractivity contribution is 0.480. The molecule has 18 heteroatoms. The number of anilines is 6. The molecule has 0 spiro atoms. The van der Waals surface area contributed by atoms with Crippen LogP contribution in [-0.2, 0) is 20.2 Å². The summed E-state index contributed by atoms with van der Waals surface area (Å²) in [5.41, 5.74) is 12.1. The van der Waals surface area contributed by atoms with Crippen molar-refractivity contribution in [1.29, 1.82) is 0 Å². The third-order valence-electron chi connectivity index (χ3n) is 8.10. The van der Waals surface area contributed by atoms with Gasteiger partial charge in [-0.05, 0) is 86.3 Å². The Bertz CT molecular complexity index is 2400. The van der Waals surface area contributed by atoms with Crippen molar-refractivity contribution in [2.45, 2.75) is 37.5 Å². The number of hydrogen-bond acceptors (Lipinski definition) is 14. The maximum Gasteiger partial charge on any atom is 0.295 e. The van der Waals surface area contributed by atoms with E-state index in [9.17, 15) is 25.9 Å². The van der Waals surface area contributed by atoms with Gasteiger partial charge in [0, 0.05) is 0 Å². The van der Waals surface area contributed by atoms with Crippen molar-refractivity contribution in [1.82, 2.24) is 29.9 Å². The molecule has 54 heavy (non-hydrogen) atoms. The Morgan fingerprint density at radius 3 is 1.24 bits per heavy atom. The summed E-state index contributed by atoms with van der Waals surface area (Å²) in [5, 5.41) is 2.86. The first-order chi connectivity index (χ1) is 25.7. The number of aromatic nitrogens is 6. The Hall–Kier alpha value is -6.34. The standard InChI is InChI=1S/C36H34N10O6S2/c1-23-5-13-31(25(3)15-23)43-45(35-39-19-37-20-40-35)29-11-9-27(33(17-29)53(47,48)49)7-8-28-10-12-30(18-34(28)54(50,51)52)46(36-41-21-38-22-42-36)44-32-14-6-24(2)16-26(32)4/h5-22,43-44H,1-4H3,(H,47,48,49)(H,50,51,52). The van der Waals surface area contributed by atoms with Gasteiger partial charge in [-0.15, -0.1) is 0 Å². The minimum atomic E-state index is -4.85. The molecule has 0 saturated carbocycles. The molecule has 0 aliphatic heterocycles. The molecule has 276 valence electrons. The van der Waals surface area contributed by atoms with Gasteiger partial charge < -0.3 is 0 Å². The number of aryl methyl sites for hydroxylation is 4. The van der Waals surface area contributed by atoms with Crippen LogP contribution >= 0.6 is 0 Å². The van der Waals surface area contributed by atoms with Crippen LogP contribution in [-0.4, -0.2) is 55.8 Å². The Labute approximate surface area is 311 Å². The van der Waals surface area contributed by atoms with E-state index < -0.39 is 30.0 Å². The average Bonchev–Trinajstić information content (AvgIpc) is 3.13. The van der Waals surface area contributed by atoms with Crippen LogP contribution in [0.2, 0.25) is 0 Å². The first kappa shape index (κ1) is 37.4. The number of nitrogens with zero attached hydrogens (tertiary/aromatic N) is 8. The highest BCUT2D eigenvalue weighted by molar-refractivity contribution is 7.86. The highest BCUT2D eigenvalue weighted by Gasteiger charge is 2.23. The molecule has 0 fully saturated rings. The number of nitrogens with one attached hydrogen (secondary N) is 2. The van der Waals surface area contributed by atoms with Crippen LogP contribution in [0.1, 0.15) is 33.4 Å². The second-order valence-electron chi connectivity index (χ2n) is 12.1. The van der Waals surface area contributed by atoms with E-state index in [1.54, 1.807) is 12.1 Å². The third kappa shape index (κ3) is 8.64. The summed E-state index contributed by atoms with van der Waals surface area (Å²) in [5.74, 6) is 0.261. The summed E-state index contributed by atoms with van der Waals surface area (Å²) < 4.78 is 71.8. The van der Waals surface area contributed by atoms with Crippen LogP contribution in [0.3, 0.4) is 0 Å².